The fourth-order valence-corrected chi connectivity index (χ4v) is 3.10. The van der Waals surface area contributed by atoms with E-state index in [1.807, 2.05) is 36.0 Å². The molecule has 0 unspecified atom stereocenters. The van der Waals surface area contributed by atoms with E-state index in [9.17, 15) is 9.59 Å². The van der Waals surface area contributed by atoms with E-state index < -0.39 is 0 Å². The zero-order valence-electron chi connectivity index (χ0n) is 13.3. The summed E-state index contributed by atoms with van der Waals surface area (Å²) in [6.07, 6.45) is 3.68. The van der Waals surface area contributed by atoms with Gasteiger partial charge in [-0.05, 0) is 29.9 Å². The van der Waals surface area contributed by atoms with Gasteiger partial charge in [0.05, 0.1) is 7.11 Å². The molecule has 1 aliphatic heterocycles. The maximum absolute atomic E-state index is 12.0. The third-order valence-electron chi connectivity index (χ3n) is 3.54. The number of hydrogen-bond donors (Lipinski definition) is 1. The van der Waals surface area contributed by atoms with Crippen LogP contribution in [0.2, 0.25) is 0 Å². The zero-order chi connectivity index (χ0) is 16.5. The van der Waals surface area contributed by atoms with Crippen molar-refractivity contribution >= 4 is 23.6 Å². The number of ether oxygens (including phenoxy) is 1. The molecule has 1 fully saturated rings. The Morgan fingerprint density at radius 2 is 2.00 bits per heavy atom. The van der Waals surface area contributed by atoms with Gasteiger partial charge in [0.25, 0.3) is 0 Å². The van der Waals surface area contributed by atoms with Crippen molar-refractivity contribution in [2.24, 2.45) is 0 Å². The molecule has 0 aromatic heterocycles. The fraction of sp³-hybridized carbons (Fsp3) is 0.412. The van der Waals surface area contributed by atoms with Crippen molar-refractivity contribution in [3.8, 4) is 5.75 Å². The minimum absolute atomic E-state index is 0.0907. The molecule has 2 amide bonds. The summed E-state index contributed by atoms with van der Waals surface area (Å²) < 4.78 is 5.08. The van der Waals surface area contributed by atoms with Crippen molar-refractivity contribution < 1.29 is 14.3 Å². The van der Waals surface area contributed by atoms with Gasteiger partial charge in [-0.25, -0.2) is 0 Å². The highest BCUT2D eigenvalue weighted by Gasteiger charge is 2.13. The number of thioether (sulfide) groups is 1. The first-order valence-corrected chi connectivity index (χ1v) is 8.80. The lowest BCUT2D eigenvalue weighted by atomic mass is 10.2. The minimum Gasteiger partial charge on any atom is -0.497 e. The Labute approximate surface area is 141 Å². The highest BCUT2D eigenvalue weighted by molar-refractivity contribution is 7.99. The fourth-order valence-electron chi connectivity index (χ4n) is 2.21. The molecular weight excluding hydrogens is 312 g/mol. The van der Waals surface area contributed by atoms with Crippen LogP contribution in [0.15, 0.2) is 36.4 Å². The van der Waals surface area contributed by atoms with Gasteiger partial charge in [-0.15, -0.1) is 0 Å². The molecule has 0 aliphatic carbocycles. The largest absolute Gasteiger partial charge is 0.497 e. The average Bonchev–Trinajstić information content (AvgIpc) is 2.87. The van der Waals surface area contributed by atoms with Crippen LogP contribution in [0.25, 0.3) is 0 Å². The van der Waals surface area contributed by atoms with E-state index >= 15 is 0 Å². The van der Waals surface area contributed by atoms with E-state index in [1.165, 1.54) is 12.2 Å². The highest BCUT2D eigenvalue weighted by Crippen LogP contribution is 2.11. The molecule has 1 N–H and O–H groups in total. The average molecular weight is 334 g/mol. The van der Waals surface area contributed by atoms with Crippen LogP contribution < -0.4 is 10.1 Å². The van der Waals surface area contributed by atoms with Crippen molar-refractivity contribution in [2.75, 3.05) is 31.7 Å². The van der Waals surface area contributed by atoms with Gasteiger partial charge >= 0.3 is 0 Å². The topological polar surface area (TPSA) is 58.6 Å². The molecule has 1 aromatic carbocycles. The third-order valence-corrected chi connectivity index (χ3v) is 4.59. The number of hydrogen-bond acceptors (Lipinski definition) is 4. The number of methoxy groups -OCH3 is 1. The lowest BCUT2D eigenvalue weighted by Gasteiger charge is -2.17. The number of nitrogens with zero attached hydrogens (tertiary/aromatic N) is 1. The summed E-state index contributed by atoms with van der Waals surface area (Å²) >= 11 is 1.86. The molecule has 0 spiro atoms. The molecule has 1 aromatic rings. The van der Waals surface area contributed by atoms with Gasteiger partial charge in [-0.2, -0.15) is 11.8 Å². The Balaban J connectivity index is 1.77. The first-order chi connectivity index (χ1) is 11.2. The van der Waals surface area contributed by atoms with E-state index in [1.54, 1.807) is 12.0 Å². The SMILES string of the molecule is COc1ccc(CNC(=O)/C=C/C(=O)N2CCCSCC2)cc1. The molecule has 6 heteroatoms. The Morgan fingerprint density at radius 3 is 2.74 bits per heavy atom. The van der Waals surface area contributed by atoms with Crippen LogP contribution in [-0.4, -0.2) is 48.4 Å². The molecule has 1 heterocycles. The van der Waals surface area contributed by atoms with E-state index in [0.717, 1.165) is 42.3 Å². The second kappa shape index (κ2) is 9.25. The molecule has 23 heavy (non-hydrogen) atoms. The van der Waals surface area contributed by atoms with E-state index in [0.29, 0.717) is 6.54 Å². The van der Waals surface area contributed by atoms with Gasteiger partial charge in [-0.1, -0.05) is 12.1 Å². The molecule has 0 atom stereocenters. The predicted molar refractivity (Wildman–Crippen MR) is 92.5 cm³/mol. The smallest absolute Gasteiger partial charge is 0.246 e. The molecule has 0 saturated carbocycles. The molecule has 0 bridgehead atoms. The molecule has 5 nitrogen and oxygen atoms in total. The first kappa shape index (κ1) is 17.4. The van der Waals surface area contributed by atoms with Crippen molar-refractivity contribution in [1.29, 1.82) is 0 Å². The quantitative estimate of drug-likeness (QED) is 0.835. The maximum atomic E-state index is 12.0. The molecule has 1 aliphatic rings. The van der Waals surface area contributed by atoms with E-state index in [4.69, 9.17) is 4.74 Å². The van der Waals surface area contributed by atoms with Gasteiger partial charge in [0.15, 0.2) is 0 Å². The Bertz CT molecular complexity index is 549. The van der Waals surface area contributed by atoms with Crippen LogP contribution in [-0.2, 0) is 16.1 Å². The highest BCUT2D eigenvalue weighted by atomic mass is 32.2. The van der Waals surface area contributed by atoms with Crippen LogP contribution in [0.5, 0.6) is 5.75 Å². The molecule has 0 radical (unpaired) electrons. The first-order valence-electron chi connectivity index (χ1n) is 7.64. The van der Waals surface area contributed by atoms with Gasteiger partial charge in [0.1, 0.15) is 5.75 Å². The number of rotatable bonds is 5. The number of benzene rings is 1. The van der Waals surface area contributed by atoms with Crippen LogP contribution in [0, 0.1) is 0 Å². The summed E-state index contributed by atoms with van der Waals surface area (Å²) in [4.78, 5) is 25.6. The Hall–Kier alpha value is -1.95. The number of carbonyl (C=O) groups excluding carboxylic acids is 2. The van der Waals surface area contributed by atoms with Crippen molar-refractivity contribution in [1.82, 2.24) is 10.2 Å². The van der Waals surface area contributed by atoms with Crippen molar-refractivity contribution in [3.63, 3.8) is 0 Å². The molecular formula is C17H22N2O3S. The Morgan fingerprint density at radius 1 is 1.22 bits per heavy atom. The van der Waals surface area contributed by atoms with Gasteiger partial charge in [0, 0.05) is 37.5 Å². The van der Waals surface area contributed by atoms with Gasteiger partial charge in [0.2, 0.25) is 11.8 Å². The summed E-state index contributed by atoms with van der Waals surface area (Å²) in [7, 11) is 1.61. The number of carbonyl (C=O) groups is 2. The summed E-state index contributed by atoms with van der Waals surface area (Å²) in [5.74, 6) is 2.48. The second-order valence-electron chi connectivity index (χ2n) is 5.19. The molecule has 124 valence electrons. The molecule has 2 rings (SSSR count). The second-order valence-corrected chi connectivity index (χ2v) is 6.42. The molecule has 1 saturated heterocycles. The lowest BCUT2D eigenvalue weighted by molar-refractivity contribution is -0.126. The summed E-state index contributed by atoms with van der Waals surface area (Å²) in [5.41, 5.74) is 0.975. The lowest BCUT2D eigenvalue weighted by Crippen LogP contribution is -2.32. The third kappa shape index (κ3) is 5.98. The summed E-state index contributed by atoms with van der Waals surface area (Å²) in [5, 5.41) is 2.77. The maximum Gasteiger partial charge on any atom is 0.246 e. The number of amides is 2. The van der Waals surface area contributed by atoms with E-state index in [2.05, 4.69) is 5.32 Å². The monoisotopic (exact) mass is 334 g/mol. The predicted octanol–water partition coefficient (Wildman–Crippen LogP) is 1.83. The van der Waals surface area contributed by atoms with Crippen molar-refractivity contribution in [2.45, 2.75) is 13.0 Å². The van der Waals surface area contributed by atoms with Crippen molar-refractivity contribution in [3.05, 3.63) is 42.0 Å². The van der Waals surface area contributed by atoms with Crippen LogP contribution in [0.4, 0.5) is 0 Å². The van der Waals surface area contributed by atoms with Gasteiger partial charge in [-0.3, -0.25) is 9.59 Å². The minimum atomic E-state index is -0.265. The summed E-state index contributed by atoms with van der Waals surface area (Å²) in [6.45, 7) is 1.94. The summed E-state index contributed by atoms with van der Waals surface area (Å²) in [6, 6.07) is 7.47. The number of nitrogens with one attached hydrogen (secondary N) is 1. The zero-order valence-corrected chi connectivity index (χ0v) is 14.1. The van der Waals surface area contributed by atoms with E-state index in [-0.39, 0.29) is 11.8 Å². The van der Waals surface area contributed by atoms with Crippen LogP contribution >= 0.6 is 11.8 Å². The van der Waals surface area contributed by atoms with Crippen LogP contribution in [0.1, 0.15) is 12.0 Å². The standard InChI is InChI=1S/C17H22N2O3S/c1-22-15-5-3-14(4-6-15)13-18-16(20)7-8-17(21)19-9-2-11-23-12-10-19/h3-8H,2,9-13H2,1H3,(H,18,20)/b8-7+. The Kier molecular flexibility index (Phi) is 7.00. The van der Waals surface area contributed by atoms with Crippen LogP contribution in [0.3, 0.4) is 0 Å². The normalized spacial score (nSPS) is 15.3. The van der Waals surface area contributed by atoms with Gasteiger partial charge < -0.3 is 15.0 Å².